The summed E-state index contributed by atoms with van der Waals surface area (Å²) in [4.78, 5) is 21.3. The van der Waals surface area contributed by atoms with Crippen molar-refractivity contribution in [2.24, 2.45) is 0 Å². The van der Waals surface area contributed by atoms with Gasteiger partial charge in [0, 0.05) is 50.2 Å². The number of sulfonamides is 1. The molecule has 1 aromatic carbocycles. The molecule has 0 spiro atoms. The second-order valence-electron chi connectivity index (χ2n) is 6.96. The van der Waals surface area contributed by atoms with Crippen LogP contribution in [0.3, 0.4) is 0 Å². The van der Waals surface area contributed by atoms with Gasteiger partial charge >= 0.3 is 0 Å². The minimum Gasteiger partial charge on any atom is -0.339 e. The topological polar surface area (TPSA) is 73.8 Å². The first-order chi connectivity index (χ1) is 13.8. The summed E-state index contributed by atoms with van der Waals surface area (Å²) in [6.45, 7) is 5.35. The zero-order valence-corrected chi connectivity index (χ0v) is 18.9. The van der Waals surface area contributed by atoms with Crippen LogP contribution in [-0.2, 0) is 27.8 Å². The Morgan fingerprint density at radius 3 is 2.45 bits per heavy atom. The van der Waals surface area contributed by atoms with Gasteiger partial charge in [-0.25, -0.2) is 13.4 Å². The molecule has 1 amide bonds. The second kappa shape index (κ2) is 9.53. The highest BCUT2D eigenvalue weighted by molar-refractivity contribution is 7.89. The molecule has 0 N–H and O–H groups in total. The quantitative estimate of drug-likeness (QED) is 0.639. The van der Waals surface area contributed by atoms with Crippen molar-refractivity contribution in [3.05, 3.63) is 45.4 Å². The lowest BCUT2D eigenvalue weighted by Gasteiger charge is -2.35. The molecule has 1 aliphatic rings. The highest BCUT2D eigenvalue weighted by Crippen LogP contribution is 2.18. The van der Waals surface area contributed by atoms with E-state index in [0.29, 0.717) is 18.1 Å². The minimum absolute atomic E-state index is 0.122. The van der Waals surface area contributed by atoms with Gasteiger partial charge in [0.15, 0.2) is 0 Å². The maximum Gasteiger partial charge on any atom is 0.243 e. The standard InChI is InChI=1S/C19H25ClN4O3S2/c1-3-18-21-16(14-28-18)12-23-8-10-24(11-9-23)19(25)13-22(2)29(26,27)17-6-4-15(20)5-7-17/h4-7,14H,3,8-13H2,1-2H3. The van der Waals surface area contributed by atoms with Crippen LogP contribution in [0.25, 0.3) is 0 Å². The number of carbonyl (C=O) groups excluding carboxylic acids is 1. The van der Waals surface area contributed by atoms with Crippen LogP contribution < -0.4 is 0 Å². The maximum absolute atomic E-state index is 12.6. The summed E-state index contributed by atoms with van der Waals surface area (Å²) < 4.78 is 26.4. The lowest BCUT2D eigenvalue weighted by Crippen LogP contribution is -2.51. The van der Waals surface area contributed by atoms with Gasteiger partial charge in [0.05, 0.1) is 22.1 Å². The lowest BCUT2D eigenvalue weighted by molar-refractivity contribution is -0.133. The van der Waals surface area contributed by atoms with Crippen LogP contribution in [0, 0.1) is 0 Å². The Morgan fingerprint density at radius 2 is 1.86 bits per heavy atom. The number of rotatable bonds is 7. The largest absolute Gasteiger partial charge is 0.339 e. The Labute approximate surface area is 180 Å². The Morgan fingerprint density at radius 1 is 1.21 bits per heavy atom. The SMILES string of the molecule is CCc1nc(CN2CCN(C(=O)CN(C)S(=O)(=O)c3ccc(Cl)cc3)CC2)cs1. The smallest absolute Gasteiger partial charge is 0.243 e. The number of thiazole rings is 1. The van der Waals surface area contributed by atoms with Gasteiger partial charge in [0.1, 0.15) is 0 Å². The summed E-state index contributed by atoms with van der Waals surface area (Å²) in [7, 11) is -2.31. The van der Waals surface area contributed by atoms with E-state index in [9.17, 15) is 13.2 Å². The van der Waals surface area contributed by atoms with Gasteiger partial charge < -0.3 is 4.90 Å². The number of hydrogen-bond acceptors (Lipinski definition) is 6. The number of carbonyl (C=O) groups is 1. The number of amides is 1. The molecule has 1 saturated heterocycles. The van der Waals surface area contributed by atoms with Crippen molar-refractivity contribution in [3.63, 3.8) is 0 Å². The molecular formula is C19H25ClN4O3S2. The molecule has 2 aromatic rings. The molecule has 1 fully saturated rings. The molecule has 158 valence electrons. The van der Waals surface area contributed by atoms with Crippen molar-refractivity contribution < 1.29 is 13.2 Å². The molecule has 2 heterocycles. The van der Waals surface area contributed by atoms with Crippen LogP contribution in [0.2, 0.25) is 5.02 Å². The molecular weight excluding hydrogens is 432 g/mol. The lowest BCUT2D eigenvalue weighted by atomic mass is 10.3. The third kappa shape index (κ3) is 5.55. The van der Waals surface area contributed by atoms with Crippen molar-refractivity contribution in [1.82, 2.24) is 19.1 Å². The van der Waals surface area contributed by atoms with E-state index in [4.69, 9.17) is 11.6 Å². The molecule has 1 aromatic heterocycles. The fourth-order valence-corrected chi connectivity index (χ4v) is 5.11. The van der Waals surface area contributed by atoms with Crippen LogP contribution in [-0.4, -0.2) is 73.2 Å². The van der Waals surface area contributed by atoms with E-state index in [-0.39, 0.29) is 17.3 Å². The summed E-state index contributed by atoms with van der Waals surface area (Å²) in [5.74, 6) is -0.188. The molecule has 0 aliphatic carbocycles. The Balaban J connectivity index is 1.51. The predicted octanol–water partition coefficient (Wildman–Crippen LogP) is 2.32. The van der Waals surface area contributed by atoms with E-state index >= 15 is 0 Å². The van der Waals surface area contributed by atoms with Crippen LogP contribution in [0.1, 0.15) is 17.6 Å². The van der Waals surface area contributed by atoms with E-state index in [1.807, 2.05) is 0 Å². The number of aryl methyl sites for hydroxylation is 1. The van der Waals surface area contributed by atoms with Gasteiger partial charge in [-0.15, -0.1) is 11.3 Å². The van der Waals surface area contributed by atoms with Gasteiger partial charge in [-0.3, -0.25) is 9.69 Å². The number of aromatic nitrogens is 1. The molecule has 0 saturated carbocycles. The highest BCUT2D eigenvalue weighted by atomic mass is 35.5. The van der Waals surface area contributed by atoms with Gasteiger partial charge in [-0.05, 0) is 30.7 Å². The predicted molar refractivity (Wildman–Crippen MR) is 115 cm³/mol. The van der Waals surface area contributed by atoms with E-state index in [2.05, 4.69) is 22.2 Å². The number of hydrogen-bond donors (Lipinski definition) is 0. The number of nitrogens with zero attached hydrogens (tertiary/aromatic N) is 4. The summed E-state index contributed by atoms with van der Waals surface area (Å²) in [6.07, 6.45) is 0.944. The normalized spacial score (nSPS) is 15.8. The van der Waals surface area contributed by atoms with Gasteiger partial charge in [-0.2, -0.15) is 4.31 Å². The molecule has 0 bridgehead atoms. The summed E-state index contributed by atoms with van der Waals surface area (Å²) in [5.41, 5.74) is 1.07. The first-order valence-electron chi connectivity index (χ1n) is 9.45. The van der Waals surface area contributed by atoms with E-state index in [1.165, 1.54) is 31.3 Å². The Bertz CT molecular complexity index is 939. The zero-order valence-electron chi connectivity index (χ0n) is 16.5. The average Bonchev–Trinajstić information content (AvgIpc) is 3.16. The van der Waals surface area contributed by atoms with Gasteiger partial charge in [0.2, 0.25) is 15.9 Å². The van der Waals surface area contributed by atoms with Gasteiger partial charge in [0.25, 0.3) is 0 Å². The second-order valence-corrected chi connectivity index (χ2v) is 10.4. The number of benzene rings is 1. The van der Waals surface area contributed by atoms with E-state index in [1.54, 1.807) is 16.2 Å². The van der Waals surface area contributed by atoms with Crippen LogP contribution in [0.15, 0.2) is 34.5 Å². The molecule has 1 aliphatic heterocycles. The first-order valence-corrected chi connectivity index (χ1v) is 12.1. The molecule has 0 unspecified atom stereocenters. The molecule has 29 heavy (non-hydrogen) atoms. The first kappa shape index (κ1) is 22.2. The van der Waals surface area contributed by atoms with Gasteiger partial charge in [-0.1, -0.05) is 18.5 Å². The summed E-state index contributed by atoms with van der Waals surface area (Å²) in [5, 5.41) is 3.69. The summed E-state index contributed by atoms with van der Waals surface area (Å²) >= 11 is 7.50. The van der Waals surface area contributed by atoms with Crippen molar-refractivity contribution in [3.8, 4) is 0 Å². The van der Waals surface area contributed by atoms with Crippen LogP contribution >= 0.6 is 22.9 Å². The Kier molecular flexibility index (Phi) is 7.28. The molecule has 3 rings (SSSR count). The third-order valence-electron chi connectivity index (χ3n) is 4.89. The summed E-state index contributed by atoms with van der Waals surface area (Å²) in [6, 6.07) is 5.93. The fourth-order valence-electron chi connectivity index (χ4n) is 3.13. The minimum atomic E-state index is -3.73. The zero-order chi connectivity index (χ0) is 21.0. The fraction of sp³-hybridized carbons (Fsp3) is 0.474. The Hall–Kier alpha value is -1.52. The number of piperazine rings is 1. The van der Waals surface area contributed by atoms with E-state index < -0.39 is 10.0 Å². The van der Waals surface area contributed by atoms with Crippen molar-refractivity contribution in [1.29, 1.82) is 0 Å². The number of halogens is 1. The van der Waals surface area contributed by atoms with E-state index in [0.717, 1.165) is 41.1 Å². The van der Waals surface area contributed by atoms with Crippen LogP contribution in [0.5, 0.6) is 0 Å². The molecule has 0 atom stereocenters. The monoisotopic (exact) mass is 456 g/mol. The maximum atomic E-state index is 12.6. The molecule has 7 nitrogen and oxygen atoms in total. The average molecular weight is 457 g/mol. The van der Waals surface area contributed by atoms with Crippen molar-refractivity contribution in [2.45, 2.75) is 24.8 Å². The van der Waals surface area contributed by atoms with Crippen molar-refractivity contribution in [2.75, 3.05) is 39.8 Å². The molecule has 0 radical (unpaired) electrons. The number of likely N-dealkylation sites (N-methyl/N-ethyl adjacent to an activating group) is 1. The molecule has 10 heteroatoms. The van der Waals surface area contributed by atoms with Crippen LogP contribution in [0.4, 0.5) is 0 Å². The van der Waals surface area contributed by atoms with Crippen molar-refractivity contribution >= 4 is 38.9 Å². The third-order valence-corrected chi connectivity index (χ3v) is 8.00. The highest BCUT2D eigenvalue weighted by Gasteiger charge is 2.27.